The number of fused-ring (bicyclic) bond motifs is 1. The molecule has 45 heavy (non-hydrogen) atoms. The van der Waals surface area contributed by atoms with Crippen LogP contribution in [0.3, 0.4) is 0 Å². The zero-order valence-corrected chi connectivity index (χ0v) is 29.0. The Bertz CT molecular complexity index is 1400. The minimum atomic E-state index is -1.46. The maximum absolute atomic E-state index is 9.12. The lowest BCUT2D eigenvalue weighted by Gasteiger charge is -2.37. The molecular formula is C30H47N10O4P. The van der Waals surface area contributed by atoms with E-state index < -0.39 is 14.8 Å². The first-order chi connectivity index (χ1) is 21.5. The van der Waals surface area contributed by atoms with E-state index in [1.54, 1.807) is 29.4 Å². The highest BCUT2D eigenvalue weighted by atomic mass is 31.2. The van der Waals surface area contributed by atoms with Gasteiger partial charge in [0.15, 0.2) is 17.7 Å². The molecule has 0 spiro atoms. The van der Waals surface area contributed by atoms with Gasteiger partial charge in [-0.3, -0.25) is 0 Å². The van der Waals surface area contributed by atoms with Crippen LogP contribution in [0.1, 0.15) is 65.8 Å². The van der Waals surface area contributed by atoms with E-state index in [0.29, 0.717) is 35.6 Å². The van der Waals surface area contributed by atoms with E-state index in [-0.39, 0.29) is 43.3 Å². The van der Waals surface area contributed by atoms with Crippen molar-refractivity contribution in [2.24, 2.45) is 9.98 Å². The fourth-order valence-electron chi connectivity index (χ4n) is 4.71. The van der Waals surface area contributed by atoms with Gasteiger partial charge in [-0.2, -0.15) is 20.3 Å². The second-order valence-corrected chi connectivity index (χ2v) is 12.9. The first kappa shape index (κ1) is 36.2. The molecule has 2 aromatic heterocycles. The molecule has 0 radical (unpaired) electrons. The Morgan fingerprint density at radius 3 is 2.40 bits per heavy atom. The van der Waals surface area contributed by atoms with Crippen molar-refractivity contribution in [2.45, 2.75) is 84.4 Å². The van der Waals surface area contributed by atoms with E-state index in [1.165, 1.54) is 0 Å². The smallest absolute Gasteiger partial charge is 0.259 e. The molecule has 0 amide bonds. The number of nitriles is 1. The Labute approximate surface area is 268 Å². The van der Waals surface area contributed by atoms with Crippen LogP contribution in [0.25, 0.3) is 11.0 Å². The lowest BCUT2D eigenvalue weighted by molar-refractivity contribution is -0.0216. The lowest BCUT2D eigenvalue weighted by Crippen LogP contribution is -2.35. The summed E-state index contributed by atoms with van der Waals surface area (Å²) in [6.07, 6.45) is 3.80. The summed E-state index contributed by atoms with van der Waals surface area (Å²) >= 11 is 0. The summed E-state index contributed by atoms with van der Waals surface area (Å²) < 4.78 is 28.6. The Kier molecular flexibility index (Phi) is 14.1. The first-order valence-corrected chi connectivity index (χ1v) is 16.2. The van der Waals surface area contributed by atoms with E-state index >= 15 is 0 Å². The number of nitrogens with zero attached hydrogens (tertiary/aromatic N) is 10. The van der Waals surface area contributed by atoms with E-state index in [4.69, 9.17) is 33.9 Å². The van der Waals surface area contributed by atoms with Crippen LogP contribution in [0.2, 0.25) is 0 Å². The summed E-state index contributed by atoms with van der Waals surface area (Å²) in [5.74, 6) is 6.73. The molecule has 14 nitrogen and oxygen atoms in total. The molecule has 0 aliphatic carbocycles. The first-order valence-electron chi connectivity index (χ1n) is 15.1. The molecule has 2 aromatic rings. The van der Waals surface area contributed by atoms with Crippen molar-refractivity contribution < 1.29 is 18.5 Å². The Balaban J connectivity index is 2.11. The average Bonchev–Trinajstić information content (AvgIpc) is 3.55. The van der Waals surface area contributed by atoms with E-state index in [0.717, 1.165) is 6.42 Å². The van der Waals surface area contributed by atoms with E-state index in [2.05, 4.69) is 72.2 Å². The molecule has 1 saturated heterocycles. The normalized spacial score (nSPS) is 19.2. The van der Waals surface area contributed by atoms with Gasteiger partial charge in [0.2, 0.25) is 0 Å². The van der Waals surface area contributed by atoms with Gasteiger partial charge in [-0.05, 0) is 40.0 Å². The summed E-state index contributed by atoms with van der Waals surface area (Å²) in [4.78, 5) is 22.1. The van der Waals surface area contributed by atoms with Crippen LogP contribution in [-0.4, -0.2) is 120 Å². The van der Waals surface area contributed by atoms with Crippen molar-refractivity contribution >= 4 is 44.0 Å². The number of hydrogen-bond donors (Lipinski definition) is 0. The summed E-state index contributed by atoms with van der Waals surface area (Å²) in [6, 6.07) is 2.52. The molecule has 4 unspecified atom stereocenters. The largest absolute Gasteiger partial charge is 0.372 e. The Morgan fingerprint density at radius 1 is 1.11 bits per heavy atom. The minimum absolute atomic E-state index is 0.179. The van der Waals surface area contributed by atoms with Gasteiger partial charge in [-0.25, -0.2) is 19.3 Å². The van der Waals surface area contributed by atoms with Gasteiger partial charge < -0.3 is 28.3 Å². The fourth-order valence-corrected chi connectivity index (χ4v) is 6.47. The predicted octanol–water partition coefficient (Wildman–Crippen LogP) is 4.63. The van der Waals surface area contributed by atoms with Gasteiger partial charge in [0.25, 0.3) is 14.5 Å². The third kappa shape index (κ3) is 9.88. The number of hydrogen-bond acceptors (Lipinski definition) is 11. The summed E-state index contributed by atoms with van der Waals surface area (Å²) in [6.45, 7) is 11.1. The van der Waals surface area contributed by atoms with Crippen LogP contribution < -0.4 is 0 Å². The van der Waals surface area contributed by atoms with Crippen LogP contribution in [0, 0.1) is 23.2 Å². The Morgan fingerprint density at radius 2 is 1.80 bits per heavy atom. The molecule has 0 saturated carbocycles. The third-order valence-corrected chi connectivity index (χ3v) is 8.66. The van der Waals surface area contributed by atoms with Crippen LogP contribution in [0.4, 0.5) is 11.8 Å². The zero-order chi connectivity index (χ0) is 33.1. The van der Waals surface area contributed by atoms with Gasteiger partial charge in [0.05, 0.1) is 44.0 Å². The highest BCUT2D eigenvalue weighted by molar-refractivity contribution is 7.44. The zero-order valence-electron chi connectivity index (χ0n) is 28.1. The standard InChI is InChI=1S/C30H47N10O4P/c1-11-24-25(44-45(42-17-13-15-31)40(21(2)3)22(4)5)18-26(43-24)39-29-27(23(36-39)14-12-16-41-10)28(32-19-37(6)7)34-30(35-29)33-20-38(8)9/h19-22,24-26H,11,13,16-18H2,1-10H3/b32-19-,33-20+. The maximum Gasteiger partial charge on any atom is 0.259 e. The van der Waals surface area contributed by atoms with Crippen molar-refractivity contribution in [1.29, 1.82) is 5.26 Å². The van der Waals surface area contributed by atoms with Crippen molar-refractivity contribution in [1.82, 2.24) is 34.2 Å². The van der Waals surface area contributed by atoms with Crippen molar-refractivity contribution in [3.05, 3.63) is 5.69 Å². The van der Waals surface area contributed by atoms with Crippen LogP contribution in [0.5, 0.6) is 0 Å². The van der Waals surface area contributed by atoms with Crippen LogP contribution in [-0.2, 0) is 18.5 Å². The average molecular weight is 643 g/mol. The van der Waals surface area contributed by atoms with Gasteiger partial charge in [0.1, 0.15) is 17.7 Å². The fraction of sp³-hybridized carbons (Fsp3) is 0.667. The minimum Gasteiger partial charge on any atom is -0.372 e. The highest BCUT2D eigenvalue weighted by Gasteiger charge is 2.41. The molecule has 246 valence electrons. The Hall–Kier alpha value is -3.23. The lowest BCUT2D eigenvalue weighted by atomic mass is 10.1. The van der Waals surface area contributed by atoms with Gasteiger partial charge in [-0.1, -0.05) is 12.8 Å². The molecule has 3 heterocycles. The highest BCUT2D eigenvalue weighted by Crippen LogP contribution is 2.50. The van der Waals surface area contributed by atoms with Crippen molar-refractivity contribution in [3.63, 3.8) is 0 Å². The van der Waals surface area contributed by atoms with Gasteiger partial charge in [-0.15, -0.1) is 0 Å². The summed E-state index contributed by atoms with van der Waals surface area (Å²) in [5, 5.41) is 14.6. The molecule has 0 aromatic carbocycles. The topological polar surface area (TPSA) is 139 Å². The summed E-state index contributed by atoms with van der Waals surface area (Å²) in [5.41, 5.74) is 0.965. The number of aromatic nitrogens is 4. The number of aliphatic imine (C=N–C) groups is 2. The number of ether oxygens (including phenoxy) is 2. The maximum atomic E-state index is 9.12. The van der Waals surface area contributed by atoms with Crippen molar-refractivity contribution in [2.75, 3.05) is 48.5 Å². The molecule has 4 atom stereocenters. The molecule has 1 fully saturated rings. The van der Waals surface area contributed by atoms with Gasteiger partial charge >= 0.3 is 0 Å². The third-order valence-electron chi connectivity index (χ3n) is 6.50. The molecule has 1 aliphatic heterocycles. The van der Waals surface area contributed by atoms with Crippen LogP contribution in [0.15, 0.2) is 9.98 Å². The molecule has 0 N–H and O–H groups in total. The second-order valence-electron chi connectivity index (χ2n) is 11.5. The molecule has 0 bridgehead atoms. The SMILES string of the molecule is CCC1OC(n2nc(C#CCOC)c3c(/N=C\N(C)C)nc(/N=C/N(C)C)nc32)CC1OP(OCCC#N)N(C(C)C)C(C)C. The number of methoxy groups -OCH3 is 1. The van der Waals surface area contributed by atoms with E-state index in [1.807, 2.05) is 33.1 Å². The monoisotopic (exact) mass is 642 g/mol. The quantitative estimate of drug-likeness (QED) is 0.0884. The number of rotatable bonds is 15. The summed E-state index contributed by atoms with van der Waals surface area (Å²) in [7, 11) is 7.64. The second kappa shape index (κ2) is 17.5. The van der Waals surface area contributed by atoms with E-state index in [9.17, 15) is 0 Å². The molecule has 15 heteroatoms. The van der Waals surface area contributed by atoms with Crippen LogP contribution >= 0.6 is 8.53 Å². The molecular weight excluding hydrogens is 595 g/mol. The predicted molar refractivity (Wildman–Crippen MR) is 177 cm³/mol. The molecule has 3 rings (SSSR count). The van der Waals surface area contributed by atoms with Crippen molar-refractivity contribution in [3.8, 4) is 17.9 Å². The van der Waals surface area contributed by atoms with Gasteiger partial charge in [0, 0.05) is 53.8 Å². The molecule has 1 aliphatic rings.